The predicted molar refractivity (Wildman–Crippen MR) is 85.1 cm³/mol. The minimum Gasteiger partial charge on any atom is -0.353 e. The monoisotopic (exact) mass is 306 g/mol. The van der Waals surface area contributed by atoms with Crippen molar-refractivity contribution in [1.29, 1.82) is 0 Å². The Morgan fingerprint density at radius 1 is 1.26 bits per heavy atom. The Morgan fingerprint density at radius 2 is 1.95 bits per heavy atom. The van der Waals surface area contributed by atoms with E-state index in [2.05, 4.69) is 24.5 Å². The summed E-state index contributed by atoms with van der Waals surface area (Å²) in [5.74, 6) is 3.99. The molecule has 1 amide bonds. The summed E-state index contributed by atoms with van der Waals surface area (Å²) in [6, 6.07) is 0.787. The SMILES string of the molecule is CC1CC(C)CC(NC(=O)CC2CSCCN2)C1.Cl. The van der Waals surface area contributed by atoms with Crippen molar-refractivity contribution in [1.82, 2.24) is 10.6 Å². The fraction of sp³-hybridized carbons (Fsp3) is 0.929. The molecule has 0 aromatic heterocycles. The van der Waals surface area contributed by atoms with Crippen LogP contribution in [0.1, 0.15) is 39.5 Å². The van der Waals surface area contributed by atoms with Crippen LogP contribution < -0.4 is 10.6 Å². The summed E-state index contributed by atoms with van der Waals surface area (Å²) in [4.78, 5) is 12.0. The van der Waals surface area contributed by atoms with Crippen LogP contribution in [0.15, 0.2) is 0 Å². The summed E-state index contributed by atoms with van der Waals surface area (Å²) in [7, 11) is 0. The lowest BCUT2D eigenvalue weighted by molar-refractivity contribution is -0.122. The maximum Gasteiger partial charge on any atom is 0.221 e. The highest BCUT2D eigenvalue weighted by atomic mass is 35.5. The second-order valence-corrected chi connectivity index (χ2v) is 7.26. The third kappa shape index (κ3) is 5.92. The highest BCUT2D eigenvalue weighted by molar-refractivity contribution is 7.99. The minimum atomic E-state index is 0. The van der Waals surface area contributed by atoms with Crippen LogP contribution in [0.3, 0.4) is 0 Å². The van der Waals surface area contributed by atoms with Gasteiger partial charge in [0.25, 0.3) is 0 Å². The van der Waals surface area contributed by atoms with E-state index in [1.54, 1.807) is 0 Å². The first-order chi connectivity index (χ1) is 8.63. The molecule has 2 rings (SSSR count). The second kappa shape index (κ2) is 8.38. The summed E-state index contributed by atoms with van der Waals surface area (Å²) in [6.45, 7) is 5.64. The third-order valence-corrected chi connectivity index (χ3v) is 5.10. The Balaban J connectivity index is 0.00000180. The van der Waals surface area contributed by atoms with Gasteiger partial charge in [0, 0.05) is 36.6 Å². The molecule has 2 fully saturated rings. The average molecular weight is 307 g/mol. The quantitative estimate of drug-likeness (QED) is 0.841. The van der Waals surface area contributed by atoms with Crippen molar-refractivity contribution in [2.24, 2.45) is 11.8 Å². The van der Waals surface area contributed by atoms with E-state index in [1.165, 1.54) is 12.2 Å². The Bertz CT molecular complexity index is 275. The van der Waals surface area contributed by atoms with E-state index < -0.39 is 0 Å². The molecule has 19 heavy (non-hydrogen) atoms. The largest absolute Gasteiger partial charge is 0.353 e. The number of carbonyl (C=O) groups is 1. The van der Waals surface area contributed by atoms with Crippen molar-refractivity contribution in [3.05, 3.63) is 0 Å². The first kappa shape index (κ1) is 17.1. The summed E-state index contributed by atoms with van der Waals surface area (Å²) < 4.78 is 0. The number of halogens is 1. The van der Waals surface area contributed by atoms with E-state index >= 15 is 0 Å². The molecular formula is C14H27ClN2OS. The molecule has 3 atom stereocenters. The van der Waals surface area contributed by atoms with E-state index in [0.29, 0.717) is 18.5 Å². The molecule has 0 aromatic carbocycles. The molecule has 112 valence electrons. The van der Waals surface area contributed by atoms with Gasteiger partial charge in [-0.2, -0.15) is 11.8 Å². The van der Waals surface area contributed by atoms with Crippen molar-refractivity contribution in [2.45, 2.75) is 51.6 Å². The smallest absolute Gasteiger partial charge is 0.221 e. The van der Waals surface area contributed by atoms with Crippen molar-refractivity contribution < 1.29 is 4.79 Å². The van der Waals surface area contributed by atoms with Gasteiger partial charge >= 0.3 is 0 Å². The first-order valence-corrected chi connectivity index (χ1v) is 8.39. The maximum absolute atomic E-state index is 12.0. The summed E-state index contributed by atoms with van der Waals surface area (Å²) >= 11 is 1.95. The normalized spacial score (nSPS) is 35.3. The van der Waals surface area contributed by atoms with Crippen molar-refractivity contribution in [3.8, 4) is 0 Å². The van der Waals surface area contributed by atoms with Gasteiger partial charge < -0.3 is 10.6 Å². The molecule has 0 bridgehead atoms. The number of rotatable bonds is 3. The highest BCUT2D eigenvalue weighted by Gasteiger charge is 2.26. The number of amides is 1. The predicted octanol–water partition coefficient (Wildman–Crippen LogP) is 2.44. The van der Waals surface area contributed by atoms with E-state index in [4.69, 9.17) is 0 Å². The molecule has 1 saturated carbocycles. The van der Waals surface area contributed by atoms with Gasteiger partial charge in [-0.1, -0.05) is 13.8 Å². The van der Waals surface area contributed by atoms with Gasteiger partial charge in [-0.15, -0.1) is 12.4 Å². The van der Waals surface area contributed by atoms with Crippen LogP contribution in [0, 0.1) is 11.8 Å². The van der Waals surface area contributed by atoms with E-state index in [-0.39, 0.29) is 18.3 Å². The lowest BCUT2D eigenvalue weighted by Crippen LogP contribution is -2.45. The fourth-order valence-corrected chi connectivity index (χ4v) is 4.28. The minimum absolute atomic E-state index is 0. The Kier molecular flexibility index (Phi) is 7.55. The van der Waals surface area contributed by atoms with Crippen LogP contribution in [0.4, 0.5) is 0 Å². The first-order valence-electron chi connectivity index (χ1n) is 7.24. The second-order valence-electron chi connectivity index (χ2n) is 6.11. The number of thioether (sulfide) groups is 1. The highest BCUT2D eigenvalue weighted by Crippen LogP contribution is 2.28. The number of nitrogens with one attached hydrogen (secondary N) is 2. The van der Waals surface area contributed by atoms with Gasteiger partial charge in [-0.05, 0) is 31.1 Å². The number of hydrogen-bond acceptors (Lipinski definition) is 3. The number of hydrogen-bond donors (Lipinski definition) is 2. The molecule has 3 nitrogen and oxygen atoms in total. The van der Waals surface area contributed by atoms with Crippen LogP contribution >= 0.6 is 24.2 Å². The molecule has 2 aliphatic rings. The zero-order valence-corrected chi connectivity index (χ0v) is 13.6. The van der Waals surface area contributed by atoms with E-state index in [0.717, 1.165) is 37.0 Å². The van der Waals surface area contributed by atoms with Crippen molar-refractivity contribution in [3.63, 3.8) is 0 Å². The number of carbonyl (C=O) groups excluding carboxylic acids is 1. The molecule has 3 unspecified atom stereocenters. The molecule has 1 aliphatic heterocycles. The summed E-state index contributed by atoms with van der Waals surface area (Å²) in [5.41, 5.74) is 0. The van der Waals surface area contributed by atoms with Gasteiger partial charge in [-0.3, -0.25) is 4.79 Å². The Hall–Kier alpha value is 0.0700. The summed E-state index contributed by atoms with van der Waals surface area (Å²) in [6.07, 6.45) is 4.27. The standard InChI is InChI=1S/C14H26N2OS.ClH/c1-10-5-11(2)7-12(6-10)16-14(17)8-13-9-18-4-3-15-13;/h10-13,15H,3-9H2,1-2H3,(H,16,17);1H. The fourth-order valence-electron chi connectivity index (χ4n) is 3.33. The van der Waals surface area contributed by atoms with Crippen LogP contribution in [0.5, 0.6) is 0 Å². The third-order valence-electron chi connectivity index (χ3n) is 3.97. The Morgan fingerprint density at radius 3 is 2.53 bits per heavy atom. The van der Waals surface area contributed by atoms with E-state index in [9.17, 15) is 4.79 Å². The summed E-state index contributed by atoms with van der Waals surface area (Å²) in [5, 5.41) is 6.66. The lowest BCUT2D eigenvalue weighted by Gasteiger charge is -2.32. The lowest BCUT2D eigenvalue weighted by atomic mass is 9.80. The topological polar surface area (TPSA) is 41.1 Å². The zero-order chi connectivity index (χ0) is 13.0. The van der Waals surface area contributed by atoms with Crippen LogP contribution in [-0.2, 0) is 4.79 Å². The molecule has 2 N–H and O–H groups in total. The molecule has 1 heterocycles. The van der Waals surface area contributed by atoms with Crippen molar-refractivity contribution >= 4 is 30.1 Å². The van der Waals surface area contributed by atoms with Gasteiger partial charge in [-0.25, -0.2) is 0 Å². The molecule has 1 saturated heterocycles. The molecule has 5 heteroatoms. The molecule has 1 aliphatic carbocycles. The Labute approximate surface area is 127 Å². The molecular weight excluding hydrogens is 280 g/mol. The zero-order valence-electron chi connectivity index (χ0n) is 12.0. The van der Waals surface area contributed by atoms with Crippen LogP contribution in [0.2, 0.25) is 0 Å². The van der Waals surface area contributed by atoms with Crippen LogP contribution in [0.25, 0.3) is 0 Å². The molecule has 0 aromatic rings. The van der Waals surface area contributed by atoms with Crippen molar-refractivity contribution in [2.75, 3.05) is 18.1 Å². The molecule has 0 spiro atoms. The van der Waals surface area contributed by atoms with Gasteiger partial charge in [0.05, 0.1) is 0 Å². The maximum atomic E-state index is 12.0. The van der Waals surface area contributed by atoms with Gasteiger partial charge in [0.2, 0.25) is 5.91 Å². The van der Waals surface area contributed by atoms with Crippen LogP contribution in [-0.4, -0.2) is 36.0 Å². The van der Waals surface area contributed by atoms with Gasteiger partial charge in [0.1, 0.15) is 0 Å². The van der Waals surface area contributed by atoms with Gasteiger partial charge in [0.15, 0.2) is 0 Å². The molecule has 0 radical (unpaired) electrons. The average Bonchev–Trinajstić information content (AvgIpc) is 2.28. The van der Waals surface area contributed by atoms with E-state index in [1.807, 2.05) is 11.8 Å².